The zero-order valence-electron chi connectivity index (χ0n) is 12.1. The second-order valence-corrected chi connectivity index (χ2v) is 5.47. The van der Waals surface area contributed by atoms with E-state index in [0.717, 1.165) is 5.75 Å². The van der Waals surface area contributed by atoms with E-state index in [1.165, 1.54) is 11.3 Å². The Morgan fingerprint density at radius 3 is 2.59 bits per heavy atom. The predicted molar refractivity (Wildman–Crippen MR) is 86.2 cm³/mol. The molecule has 0 spiro atoms. The highest BCUT2D eigenvalue weighted by atomic mass is 32.1. The van der Waals surface area contributed by atoms with Crippen LogP contribution in [0.3, 0.4) is 0 Å². The Morgan fingerprint density at radius 2 is 1.86 bits per heavy atom. The van der Waals surface area contributed by atoms with Crippen LogP contribution in [0.2, 0.25) is 0 Å². The summed E-state index contributed by atoms with van der Waals surface area (Å²) in [6.07, 6.45) is 0.708. The minimum Gasteiger partial charge on any atom is -0.494 e. The maximum atomic E-state index is 11.6. The van der Waals surface area contributed by atoms with Gasteiger partial charge in [-0.15, -0.1) is 11.3 Å². The fraction of sp³-hybridized carbons (Fsp3) is 0.250. The van der Waals surface area contributed by atoms with Crippen molar-refractivity contribution < 1.29 is 14.3 Å². The van der Waals surface area contributed by atoms with Gasteiger partial charge in [-0.3, -0.25) is 9.59 Å². The molecule has 6 heteroatoms. The fourth-order valence-corrected chi connectivity index (χ4v) is 2.36. The second-order valence-electron chi connectivity index (χ2n) is 4.52. The maximum absolute atomic E-state index is 11.6. The lowest BCUT2D eigenvalue weighted by Crippen LogP contribution is -2.37. The van der Waals surface area contributed by atoms with Crippen LogP contribution in [0.1, 0.15) is 16.1 Å². The van der Waals surface area contributed by atoms with Gasteiger partial charge in [-0.1, -0.05) is 24.3 Å². The molecular weight excluding hydrogens is 300 g/mol. The number of ether oxygens (including phenoxy) is 1. The predicted octanol–water partition coefficient (Wildman–Crippen LogP) is 2.06. The molecule has 1 aromatic carbocycles. The van der Waals surface area contributed by atoms with E-state index >= 15 is 0 Å². The molecule has 2 amide bonds. The average molecular weight is 318 g/mol. The minimum absolute atomic E-state index is 0.0176. The topological polar surface area (TPSA) is 67.4 Å². The number of benzene rings is 1. The summed E-state index contributed by atoms with van der Waals surface area (Å²) in [5.41, 5.74) is 0. The van der Waals surface area contributed by atoms with Crippen LogP contribution in [-0.2, 0) is 4.79 Å². The molecule has 1 aromatic heterocycles. The molecule has 2 aromatic rings. The molecule has 0 bridgehead atoms. The lowest BCUT2D eigenvalue weighted by Gasteiger charge is -2.08. The summed E-state index contributed by atoms with van der Waals surface area (Å²) in [4.78, 5) is 23.8. The van der Waals surface area contributed by atoms with Crippen molar-refractivity contribution in [3.63, 3.8) is 0 Å². The largest absolute Gasteiger partial charge is 0.494 e. The van der Waals surface area contributed by atoms with Gasteiger partial charge in [0.05, 0.1) is 18.0 Å². The first-order valence-electron chi connectivity index (χ1n) is 7.02. The molecule has 0 aliphatic carbocycles. The van der Waals surface area contributed by atoms with Gasteiger partial charge in [0.2, 0.25) is 5.91 Å². The van der Waals surface area contributed by atoms with Crippen LogP contribution >= 0.6 is 11.3 Å². The van der Waals surface area contributed by atoms with Gasteiger partial charge in [-0.05, 0) is 30.0 Å². The van der Waals surface area contributed by atoms with E-state index in [1.807, 2.05) is 35.7 Å². The molecule has 22 heavy (non-hydrogen) atoms. The van der Waals surface area contributed by atoms with E-state index in [9.17, 15) is 9.59 Å². The Hall–Kier alpha value is -2.34. The number of hydrogen-bond acceptors (Lipinski definition) is 4. The molecule has 0 radical (unpaired) electrons. The van der Waals surface area contributed by atoms with E-state index in [4.69, 9.17) is 4.74 Å². The van der Waals surface area contributed by atoms with Crippen molar-refractivity contribution >= 4 is 23.2 Å². The number of carbonyl (C=O) groups excluding carboxylic acids is 2. The number of carbonyl (C=O) groups is 2. The summed E-state index contributed by atoms with van der Waals surface area (Å²) in [6.45, 7) is 1.03. The average Bonchev–Trinajstić information content (AvgIpc) is 3.08. The number of nitrogens with one attached hydrogen (secondary N) is 2. The van der Waals surface area contributed by atoms with Crippen molar-refractivity contribution in [1.29, 1.82) is 0 Å². The van der Waals surface area contributed by atoms with Crippen molar-refractivity contribution in [2.45, 2.75) is 6.42 Å². The molecule has 0 saturated carbocycles. The van der Waals surface area contributed by atoms with E-state index in [1.54, 1.807) is 12.1 Å². The van der Waals surface area contributed by atoms with E-state index in [-0.39, 0.29) is 18.4 Å². The standard InChI is InChI=1S/C16H18N2O3S/c19-15(12-18-16(20)14-8-4-11-22-14)17-9-5-10-21-13-6-2-1-3-7-13/h1-4,6-8,11H,5,9-10,12H2,(H,17,19)(H,18,20). The van der Waals surface area contributed by atoms with Crippen molar-refractivity contribution in [1.82, 2.24) is 10.6 Å². The number of para-hydroxylation sites is 1. The molecule has 2 N–H and O–H groups in total. The van der Waals surface area contributed by atoms with Crippen LogP contribution in [0.5, 0.6) is 5.75 Å². The Labute approximate surface area is 133 Å². The molecule has 5 nitrogen and oxygen atoms in total. The maximum Gasteiger partial charge on any atom is 0.261 e. The quantitative estimate of drug-likeness (QED) is 0.732. The van der Waals surface area contributed by atoms with Gasteiger partial charge in [0.1, 0.15) is 5.75 Å². The van der Waals surface area contributed by atoms with Crippen molar-refractivity contribution in [3.05, 3.63) is 52.7 Å². The highest BCUT2D eigenvalue weighted by Gasteiger charge is 2.08. The zero-order chi connectivity index (χ0) is 15.6. The molecule has 0 unspecified atom stereocenters. The summed E-state index contributed by atoms with van der Waals surface area (Å²) < 4.78 is 5.52. The Morgan fingerprint density at radius 1 is 1.05 bits per heavy atom. The Kier molecular flexibility index (Phi) is 6.44. The van der Waals surface area contributed by atoms with Crippen LogP contribution in [0.4, 0.5) is 0 Å². The molecule has 0 aliphatic heterocycles. The summed E-state index contributed by atoms with van der Waals surface area (Å²) in [5.74, 6) is 0.388. The Balaban J connectivity index is 1.53. The van der Waals surface area contributed by atoms with Gasteiger partial charge < -0.3 is 15.4 Å². The molecule has 2 rings (SSSR count). The van der Waals surface area contributed by atoms with Gasteiger partial charge in [-0.2, -0.15) is 0 Å². The smallest absolute Gasteiger partial charge is 0.261 e. The molecule has 0 aliphatic rings. The number of hydrogen-bond donors (Lipinski definition) is 2. The third kappa shape index (κ3) is 5.57. The SMILES string of the molecule is O=C(CNC(=O)c1cccs1)NCCCOc1ccccc1. The molecule has 0 fully saturated rings. The third-order valence-corrected chi connectivity index (χ3v) is 3.68. The third-order valence-electron chi connectivity index (χ3n) is 2.81. The van der Waals surface area contributed by atoms with E-state index in [0.29, 0.717) is 24.4 Å². The van der Waals surface area contributed by atoms with Crippen LogP contribution in [-0.4, -0.2) is 31.5 Å². The Bertz CT molecular complexity index is 585. The second kappa shape index (κ2) is 8.84. The number of thiophene rings is 1. The van der Waals surface area contributed by atoms with E-state index < -0.39 is 0 Å². The van der Waals surface area contributed by atoms with Crippen LogP contribution in [0, 0.1) is 0 Å². The van der Waals surface area contributed by atoms with Crippen LogP contribution in [0.25, 0.3) is 0 Å². The summed E-state index contributed by atoms with van der Waals surface area (Å²) in [5, 5.41) is 7.14. The van der Waals surface area contributed by atoms with Crippen molar-refractivity contribution in [3.8, 4) is 5.75 Å². The van der Waals surface area contributed by atoms with Gasteiger partial charge in [0.15, 0.2) is 0 Å². The monoisotopic (exact) mass is 318 g/mol. The summed E-state index contributed by atoms with van der Waals surface area (Å²) >= 11 is 1.34. The molecule has 0 saturated heterocycles. The highest BCUT2D eigenvalue weighted by molar-refractivity contribution is 7.12. The number of amides is 2. The van der Waals surface area contributed by atoms with Gasteiger partial charge in [-0.25, -0.2) is 0 Å². The fourth-order valence-electron chi connectivity index (χ4n) is 1.72. The normalized spacial score (nSPS) is 10.0. The first-order valence-corrected chi connectivity index (χ1v) is 7.90. The van der Waals surface area contributed by atoms with Gasteiger partial charge in [0, 0.05) is 6.54 Å². The first kappa shape index (κ1) is 16.0. The molecule has 116 valence electrons. The van der Waals surface area contributed by atoms with Gasteiger partial charge >= 0.3 is 0 Å². The molecule has 0 atom stereocenters. The first-order chi connectivity index (χ1) is 10.8. The summed E-state index contributed by atoms with van der Waals surface area (Å²) in [6, 6.07) is 13.0. The van der Waals surface area contributed by atoms with E-state index in [2.05, 4.69) is 10.6 Å². The number of rotatable bonds is 8. The minimum atomic E-state index is -0.224. The van der Waals surface area contributed by atoms with Crippen LogP contribution < -0.4 is 15.4 Å². The molecule has 1 heterocycles. The highest BCUT2D eigenvalue weighted by Crippen LogP contribution is 2.08. The lowest BCUT2D eigenvalue weighted by molar-refractivity contribution is -0.120. The van der Waals surface area contributed by atoms with Crippen molar-refractivity contribution in [2.24, 2.45) is 0 Å². The van der Waals surface area contributed by atoms with Crippen molar-refractivity contribution in [2.75, 3.05) is 19.7 Å². The van der Waals surface area contributed by atoms with Crippen LogP contribution in [0.15, 0.2) is 47.8 Å². The summed E-state index contributed by atoms with van der Waals surface area (Å²) in [7, 11) is 0. The van der Waals surface area contributed by atoms with Gasteiger partial charge in [0.25, 0.3) is 5.91 Å². The lowest BCUT2D eigenvalue weighted by atomic mass is 10.3. The zero-order valence-corrected chi connectivity index (χ0v) is 12.9. The molecular formula is C16H18N2O3S.